The van der Waals surface area contributed by atoms with Crippen LogP contribution in [0.3, 0.4) is 0 Å². The number of nitrogens with zero attached hydrogens (tertiary/aromatic N) is 2. The summed E-state index contributed by atoms with van der Waals surface area (Å²) >= 11 is 0. The van der Waals surface area contributed by atoms with Crippen molar-refractivity contribution in [2.24, 2.45) is 4.99 Å². The average molecular weight is 294 g/mol. The molecule has 0 atom stereocenters. The van der Waals surface area contributed by atoms with Crippen LogP contribution < -0.4 is 10.9 Å². The normalized spacial score (nSPS) is 14.4. The highest BCUT2D eigenvalue weighted by Crippen LogP contribution is 2.15. The van der Waals surface area contributed by atoms with Crippen LogP contribution in [0.25, 0.3) is 0 Å². The number of amides is 1. The van der Waals surface area contributed by atoms with Gasteiger partial charge in [-0.1, -0.05) is 6.07 Å². The minimum absolute atomic E-state index is 0.305. The van der Waals surface area contributed by atoms with E-state index in [-0.39, 0.29) is 5.82 Å². The van der Waals surface area contributed by atoms with E-state index in [9.17, 15) is 9.18 Å². The van der Waals surface area contributed by atoms with E-state index in [1.54, 1.807) is 13.0 Å². The predicted molar refractivity (Wildman–Crippen MR) is 78.5 cm³/mol. The van der Waals surface area contributed by atoms with Crippen LogP contribution in [0.15, 0.2) is 23.2 Å². The van der Waals surface area contributed by atoms with Crippen LogP contribution in [0, 0.1) is 12.7 Å². The van der Waals surface area contributed by atoms with E-state index in [1.807, 2.05) is 6.92 Å². The van der Waals surface area contributed by atoms with Gasteiger partial charge in [0.1, 0.15) is 5.82 Å². The molecule has 0 saturated carbocycles. The maximum Gasteiger partial charge on any atom is 0.416 e. The molecular formula is C14H19FN4O2. The van der Waals surface area contributed by atoms with E-state index in [4.69, 9.17) is 4.74 Å². The van der Waals surface area contributed by atoms with Crippen molar-refractivity contribution in [2.75, 3.05) is 25.1 Å². The lowest BCUT2D eigenvalue weighted by Crippen LogP contribution is -2.49. The van der Waals surface area contributed by atoms with Crippen molar-refractivity contribution in [1.82, 2.24) is 10.3 Å². The van der Waals surface area contributed by atoms with Crippen LogP contribution >= 0.6 is 0 Å². The monoisotopic (exact) mass is 294 g/mol. The first-order valence-electron chi connectivity index (χ1n) is 6.88. The van der Waals surface area contributed by atoms with Gasteiger partial charge < -0.3 is 4.74 Å². The highest BCUT2D eigenvalue weighted by atomic mass is 19.1. The Morgan fingerprint density at radius 1 is 1.48 bits per heavy atom. The molecule has 1 aromatic rings. The molecule has 2 N–H and O–H groups in total. The molecule has 1 heterocycles. The van der Waals surface area contributed by atoms with E-state index >= 15 is 0 Å². The molecule has 21 heavy (non-hydrogen) atoms. The molecule has 0 aromatic heterocycles. The zero-order valence-corrected chi connectivity index (χ0v) is 12.1. The van der Waals surface area contributed by atoms with Crippen LogP contribution in [0.2, 0.25) is 0 Å². The van der Waals surface area contributed by atoms with E-state index < -0.39 is 6.09 Å². The maximum absolute atomic E-state index is 13.2. The van der Waals surface area contributed by atoms with Gasteiger partial charge in [-0.05, 0) is 38.0 Å². The van der Waals surface area contributed by atoms with Gasteiger partial charge >= 0.3 is 6.09 Å². The van der Waals surface area contributed by atoms with E-state index in [0.29, 0.717) is 31.3 Å². The number of hydrazine groups is 1. The summed E-state index contributed by atoms with van der Waals surface area (Å²) < 4.78 is 18.2. The van der Waals surface area contributed by atoms with Crippen molar-refractivity contribution in [1.29, 1.82) is 0 Å². The second kappa shape index (κ2) is 6.92. The second-order valence-electron chi connectivity index (χ2n) is 4.62. The number of hydrogen-bond donors (Lipinski definition) is 2. The largest absolute Gasteiger partial charge is 0.449 e. The fraction of sp³-hybridized carbons (Fsp3) is 0.429. The minimum Gasteiger partial charge on any atom is -0.449 e. The quantitative estimate of drug-likeness (QED) is 0.839. The molecule has 7 heteroatoms. The van der Waals surface area contributed by atoms with Gasteiger partial charge in [0.25, 0.3) is 0 Å². The van der Waals surface area contributed by atoms with Gasteiger partial charge in [-0.2, -0.15) is 0 Å². The van der Waals surface area contributed by atoms with Crippen molar-refractivity contribution >= 4 is 17.7 Å². The van der Waals surface area contributed by atoms with Gasteiger partial charge in [-0.25, -0.2) is 14.1 Å². The summed E-state index contributed by atoms with van der Waals surface area (Å²) in [7, 11) is 0. The zero-order valence-electron chi connectivity index (χ0n) is 12.1. The summed E-state index contributed by atoms with van der Waals surface area (Å²) in [5.41, 5.74) is 7.20. The zero-order chi connectivity index (χ0) is 15.2. The number of carbonyl (C=O) groups is 1. The SMILES string of the molecule is CCOC(=O)N1CCCN=C1NNc1cc(F)ccc1C. The molecule has 2 rings (SSSR count). The third-order valence-electron chi connectivity index (χ3n) is 3.05. The fourth-order valence-corrected chi connectivity index (χ4v) is 1.94. The van der Waals surface area contributed by atoms with E-state index in [2.05, 4.69) is 15.8 Å². The lowest BCUT2D eigenvalue weighted by atomic mass is 10.2. The van der Waals surface area contributed by atoms with Gasteiger partial charge in [-0.3, -0.25) is 15.8 Å². The number of hydrogen-bond acceptors (Lipinski definition) is 5. The number of aryl methyl sites for hydroxylation is 1. The molecule has 1 aliphatic rings. The number of nitrogens with one attached hydrogen (secondary N) is 2. The molecule has 0 aliphatic carbocycles. The third kappa shape index (κ3) is 3.84. The smallest absolute Gasteiger partial charge is 0.416 e. The van der Waals surface area contributed by atoms with Gasteiger partial charge in [0, 0.05) is 13.1 Å². The summed E-state index contributed by atoms with van der Waals surface area (Å²) in [6.07, 6.45) is 0.337. The topological polar surface area (TPSA) is 66.0 Å². The number of carbonyl (C=O) groups excluding carboxylic acids is 1. The second-order valence-corrected chi connectivity index (χ2v) is 4.62. The van der Waals surface area contributed by atoms with Gasteiger partial charge in [0.05, 0.1) is 12.3 Å². The number of benzene rings is 1. The molecule has 1 aromatic carbocycles. The molecule has 1 aliphatic heterocycles. The van der Waals surface area contributed by atoms with Crippen LogP contribution in [-0.4, -0.2) is 36.6 Å². The summed E-state index contributed by atoms with van der Waals surface area (Å²) in [5, 5.41) is 0. The summed E-state index contributed by atoms with van der Waals surface area (Å²) in [6.45, 7) is 5.07. The Morgan fingerprint density at radius 3 is 3.05 bits per heavy atom. The number of halogens is 1. The Kier molecular flexibility index (Phi) is 4.97. The first-order chi connectivity index (χ1) is 10.1. The van der Waals surface area contributed by atoms with Crippen LogP contribution in [0.4, 0.5) is 14.9 Å². The molecule has 6 nitrogen and oxygen atoms in total. The number of rotatable bonds is 3. The summed E-state index contributed by atoms with van der Waals surface area (Å²) in [4.78, 5) is 17.5. The van der Waals surface area contributed by atoms with Crippen molar-refractivity contribution < 1.29 is 13.9 Å². The number of guanidine groups is 1. The summed E-state index contributed by atoms with van der Waals surface area (Å²) in [6, 6.07) is 4.44. The predicted octanol–water partition coefficient (Wildman–Crippen LogP) is 2.27. The number of ether oxygens (including phenoxy) is 1. The standard InChI is InChI=1S/C14H19FN4O2/c1-3-21-14(20)19-8-4-7-16-13(19)18-17-12-9-11(15)6-5-10(12)2/h5-6,9,17H,3-4,7-8H2,1-2H3,(H,16,18). The number of aliphatic imine (C=N–C) groups is 1. The van der Waals surface area contributed by atoms with Gasteiger partial charge in [0.2, 0.25) is 5.96 Å². The minimum atomic E-state index is -0.443. The Bertz CT molecular complexity index is 548. The first kappa shape index (κ1) is 15.1. The molecule has 1 amide bonds. The molecule has 0 fully saturated rings. The highest BCUT2D eigenvalue weighted by molar-refractivity contribution is 5.95. The maximum atomic E-state index is 13.2. The van der Waals surface area contributed by atoms with Crippen molar-refractivity contribution in [3.05, 3.63) is 29.6 Å². The highest BCUT2D eigenvalue weighted by Gasteiger charge is 2.23. The van der Waals surface area contributed by atoms with Gasteiger partial charge in [-0.15, -0.1) is 0 Å². The lowest BCUT2D eigenvalue weighted by molar-refractivity contribution is 0.125. The Balaban J connectivity index is 2.04. The van der Waals surface area contributed by atoms with E-state index in [0.717, 1.165) is 12.0 Å². The molecule has 0 unspecified atom stereocenters. The van der Waals surface area contributed by atoms with Crippen molar-refractivity contribution in [3.63, 3.8) is 0 Å². The van der Waals surface area contributed by atoms with Crippen LogP contribution in [0.1, 0.15) is 18.9 Å². The van der Waals surface area contributed by atoms with Crippen molar-refractivity contribution in [2.45, 2.75) is 20.3 Å². The van der Waals surface area contributed by atoms with Crippen molar-refractivity contribution in [3.8, 4) is 0 Å². The molecular weight excluding hydrogens is 275 g/mol. The fourth-order valence-electron chi connectivity index (χ4n) is 1.94. The Morgan fingerprint density at radius 2 is 2.29 bits per heavy atom. The van der Waals surface area contributed by atoms with Crippen LogP contribution in [-0.2, 0) is 4.74 Å². The average Bonchev–Trinajstić information content (AvgIpc) is 2.49. The Hall–Kier alpha value is -2.31. The first-order valence-corrected chi connectivity index (χ1v) is 6.88. The molecule has 114 valence electrons. The van der Waals surface area contributed by atoms with E-state index in [1.165, 1.54) is 17.0 Å². The Labute approximate surface area is 123 Å². The lowest BCUT2D eigenvalue weighted by Gasteiger charge is -2.27. The molecule has 0 radical (unpaired) electrons. The molecule has 0 saturated heterocycles. The summed E-state index contributed by atoms with van der Waals surface area (Å²) in [5.74, 6) is 0.0427. The third-order valence-corrected chi connectivity index (χ3v) is 3.05. The molecule has 0 bridgehead atoms. The number of anilines is 1. The van der Waals surface area contributed by atoms with Crippen LogP contribution in [0.5, 0.6) is 0 Å². The van der Waals surface area contributed by atoms with Gasteiger partial charge in [0.15, 0.2) is 0 Å². The molecule has 0 spiro atoms.